The molecule has 0 aliphatic rings. The van der Waals surface area contributed by atoms with Gasteiger partial charge in [0.25, 0.3) is 0 Å². The molecule has 3 nitrogen and oxygen atoms in total. The maximum Gasteiger partial charge on any atom is 0.161 e. The third kappa shape index (κ3) is 3.92. The van der Waals surface area contributed by atoms with Crippen molar-refractivity contribution in [2.45, 2.75) is 19.9 Å². The van der Waals surface area contributed by atoms with Gasteiger partial charge in [-0.1, -0.05) is 17.7 Å². The summed E-state index contributed by atoms with van der Waals surface area (Å²) in [5.41, 5.74) is 7.29. The summed E-state index contributed by atoms with van der Waals surface area (Å²) >= 11 is 11.0. The van der Waals surface area contributed by atoms with Gasteiger partial charge in [-0.15, -0.1) is 11.3 Å². The zero-order valence-electron chi connectivity index (χ0n) is 11.9. The first-order chi connectivity index (χ1) is 10.1. The second-order valence-electron chi connectivity index (χ2n) is 4.32. The molecule has 0 aliphatic carbocycles. The van der Waals surface area contributed by atoms with Gasteiger partial charge in [-0.05, 0) is 53.5 Å². The Morgan fingerprint density at radius 2 is 1.86 bits per heavy atom. The van der Waals surface area contributed by atoms with E-state index < -0.39 is 0 Å². The van der Waals surface area contributed by atoms with Gasteiger partial charge in [0.15, 0.2) is 11.5 Å². The fourth-order valence-corrected chi connectivity index (χ4v) is 3.72. The van der Waals surface area contributed by atoms with Crippen molar-refractivity contribution in [3.63, 3.8) is 0 Å². The summed E-state index contributed by atoms with van der Waals surface area (Å²) in [6.07, 6.45) is 0. The van der Waals surface area contributed by atoms with E-state index in [9.17, 15) is 0 Å². The fourth-order valence-electron chi connectivity index (χ4n) is 1.94. The molecular weight excluding hydrogens is 374 g/mol. The zero-order valence-corrected chi connectivity index (χ0v) is 15.0. The van der Waals surface area contributed by atoms with Crippen LogP contribution in [0.5, 0.6) is 11.5 Å². The Hall–Kier alpha value is -0.750. The van der Waals surface area contributed by atoms with Crippen LogP contribution in [0, 0.1) is 0 Å². The molecule has 0 aliphatic heterocycles. The summed E-state index contributed by atoms with van der Waals surface area (Å²) in [5, 5.41) is 0.682. The molecule has 0 spiro atoms. The molecule has 0 radical (unpaired) electrons. The van der Waals surface area contributed by atoms with Gasteiger partial charge in [0, 0.05) is 4.88 Å². The standard InChI is InChI=1S/C15H17BrClNO2S/c1-3-19-11-6-5-9(7-12(11)20-4-2)14(18)13-8-10(17)15(16)21-13/h5-8,14H,3-4,18H2,1-2H3. The Balaban J connectivity index is 2.32. The molecule has 2 aromatic rings. The highest BCUT2D eigenvalue weighted by molar-refractivity contribution is 9.11. The van der Waals surface area contributed by atoms with Crippen molar-refractivity contribution in [2.24, 2.45) is 5.73 Å². The van der Waals surface area contributed by atoms with Crippen molar-refractivity contribution in [3.8, 4) is 11.5 Å². The molecule has 1 aromatic heterocycles. The highest BCUT2D eigenvalue weighted by Crippen LogP contribution is 2.38. The first-order valence-electron chi connectivity index (χ1n) is 6.66. The number of ether oxygens (including phenoxy) is 2. The van der Waals surface area contributed by atoms with Crippen molar-refractivity contribution in [1.82, 2.24) is 0 Å². The normalized spacial score (nSPS) is 12.2. The Morgan fingerprint density at radius 1 is 1.19 bits per heavy atom. The monoisotopic (exact) mass is 389 g/mol. The van der Waals surface area contributed by atoms with Gasteiger partial charge in [0.1, 0.15) is 0 Å². The van der Waals surface area contributed by atoms with Crippen molar-refractivity contribution in [2.75, 3.05) is 13.2 Å². The van der Waals surface area contributed by atoms with E-state index in [4.69, 9.17) is 26.8 Å². The lowest BCUT2D eigenvalue weighted by molar-refractivity contribution is 0.287. The quantitative estimate of drug-likeness (QED) is 0.754. The number of thiophene rings is 1. The van der Waals surface area contributed by atoms with E-state index in [1.54, 1.807) is 0 Å². The summed E-state index contributed by atoms with van der Waals surface area (Å²) < 4.78 is 12.1. The van der Waals surface area contributed by atoms with Crippen LogP contribution >= 0.6 is 38.9 Å². The topological polar surface area (TPSA) is 44.5 Å². The molecule has 1 heterocycles. The first-order valence-corrected chi connectivity index (χ1v) is 8.65. The lowest BCUT2D eigenvalue weighted by Crippen LogP contribution is -2.10. The van der Waals surface area contributed by atoms with Crippen LogP contribution in [0.4, 0.5) is 0 Å². The van der Waals surface area contributed by atoms with E-state index >= 15 is 0 Å². The summed E-state index contributed by atoms with van der Waals surface area (Å²) in [6.45, 7) is 5.06. The molecule has 2 N–H and O–H groups in total. The number of hydrogen-bond acceptors (Lipinski definition) is 4. The number of rotatable bonds is 6. The molecule has 0 fully saturated rings. The molecule has 0 amide bonds. The van der Waals surface area contributed by atoms with Gasteiger partial charge in [0.2, 0.25) is 0 Å². The molecule has 1 aromatic carbocycles. The smallest absolute Gasteiger partial charge is 0.161 e. The maximum atomic E-state index is 6.32. The first kappa shape index (κ1) is 16.6. The SMILES string of the molecule is CCOc1ccc(C(N)c2cc(Cl)c(Br)s2)cc1OCC. The summed E-state index contributed by atoms with van der Waals surface area (Å²) in [5.74, 6) is 1.45. The third-order valence-electron chi connectivity index (χ3n) is 2.90. The average molecular weight is 391 g/mol. The molecule has 1 unspecified atom stereocenters. The van der Waals surface area contributed by atoms with Crippen LogP contribution < -0.4 is 15.2 Å². The van der Waals surface area contributed by atoms with E-state index in [0.29, 0.717) is 24.0 Å². The van der Waals surface area contributed by atoms with Crippen LogP contribution in [0.15, 0.2) is 28.1 Å². The van der Waals surface area contributed by atoms with E-state index in [2.05, 4.69) is 15.9 Å². The lowest BCUT2D eigenvalue weighted by atomic mass is 10.1. The van der Waals surface area contributed by atoms with Gasteiger partial charge in [-0.25, -0.2) is 0 Å². The number of halogens is 2. The van der Waals surface area contributed by atoms with Crippen LogP contribution in [0.25, 0.3) is 0 Å². The summed E-state index contributed by atoms with van der Waals surface area (Å²) in [4.78, 5) is 0.999. The minimum Gasteiger partial charge on any atom is -0.490 e. The molecule has 114 valence electrons. The van der Waals surface area contributed by atoms with Crippen LogP contribution in [0.1, 0.15) is 30.3 Å². The number of hydrogen-bond donors (Lipinski definition) is 1. The predicted octanol–water partition coefficient (Wildman–Crippen LogP) is 5.01. The predicted molar refractivity (Wildman–Crippen MR) is 91.8 cm³/mol. The Kier molecular flexibility index (Phi) is 5.93. The molecule has 0 saturated carbocycles. The van der Waals surface area contributed by atoms with Gasteiger partial charge < -0.3 is 15.2 Å². The van der Waals surface area contributed by atoms with Crippen molar-refractivity contribution < 1.29 is 9.47 Å². The highest BCUT2D eigenvalue weighted by atomic mass is 79.9. The number of benzene rings is 1. The van der Waals surface area contributed by atoms with E-state index in [1.165, 1.54) is 11.3 Å². The summed E-state index contributed by atoms with van der Waals surface area (Å²) in [6, 6.07) is 7.43. The molecule has 1 atom stereocenters. The van der Waals surface area contributed by atoms with Gasteiger partial charge in [-0.3, -0.25) is 0 Å². The van der Waals surface area contributed by atoms with Crippen LogP contribution in [-0.4, -0.2) is 13.2 Å². The molecule has 0 bridgehead atoms. The fraction of sp³-hybridized carbons (Fsp3) is 0.333. The maximum absolute atomic E-state index is 6.32. The third-order valence-corrected chi connectivity index (χ3v) is 5.46. The van der Waals surface area contributed by atoms with Crippen molar-refractivity contribution in [1.29, 1.82) is 0 Å². The molecule has 0 saturated heterocycles. The Bertz CT molecular complexity index is 598. The zero-order chi connectivity index (χ0) is 15.4. The average Bonchev–Trinajstić information content (AvgIpc) is 2.80. The highest BCUT2D eigenvalue weighted by Gasteiger charge is 2.16. The Morgan fingerprint density at radius 3 is 2.43 bits per heavy atom. The van der Waals surface area contributed by atoms with Gasteiger partial charge in [-0.2, -0.15) is 0 Å². The molecule has 6 heteroatoms. The van der Waals surface area contributed by atoms with Gasteiger partial charge in [0.05, 0.1) is 28.1 Å². The number of nitrogens with two attached hydrogens (primary N) is 1. The van der Waals surface area contributed by atoms with Crippen LogP contribution in [0.2, 0.25) is 5.02 Å². The minimum absolute atomic E-state index is 0.242. The van der Waals surface area contributed by atoms with E-state index in [1.807, 2.05) is 38.1 Å². The molecular formula is C15H17BrClNO2S. The minimum atomic E-state index is -0.242. The van der Waals surface area contributed by atoms with Crippen molar-refractivity contribution >= 4 is 38.9 Å². The second-order valence-corrected chi connectivity index (χ2v) is 7.13. The van der Waals surface area contributed by atoms with Crippen LogP contribution in [0.3, 0.4) is 0 Å². The van der Waals surface area contributed by atoms with Crippen molar-refractivity contribution in [3.05, 3.63) is 43.5 Å². The largest absolute Gasteiger partial charge is 0.490 e. The van der Waals surface area contributed by atoms with Gasteiger partial charge >= 0.3 is 0 Å². The molecule has 2 rings (SSSR count). The lowest BCUT2D eigenvalue weighted by Gasteiger charge is -2.15. The molecule has 21 heavy (non-hydrogen) atoms. The summed E-state index contributed by atoms with van der Waals surface area (Å²) in [7, 11) is 0. The van der Waals surface area contributed by atoms with E-state index in [-0.39, 0.29) is 6.04 Å². The van der Waals surface area contributed by atoms with E-state index in [0.717, 1.165) is 20.0 Å². The van der Waals surface area contributed by atoms with Crippen LogP contribution in [-0.2, 0) is 0 Å². The Labute approximate surface area is 142 Å². The second kappa shape index (κ2) is 7.49.